The van der Waals surface area contributed by atoms with Crippen molar-refractivity contribution in [2.75, 3.05) is 13.2 Å². The van der Waals surface area contributed by atoms with Crippen LogP contribution in [0, 0.1) is 0 Å². The molecule has 1 aliphatic rings. The second kappa shape index (κ2) is 10.7. The summed E-state index contributed by atoms with van der Waals surface area (Å²) in [6.07, 6.45) is 2.68. The monoisotopic (exact) mass is 410 g/mol. The Balaban J connectivity index is 1.65. The topological polar surface area (TPSA) is 76.7 Å². The molecule has 0 aliphatic heterocycles. The molecule has 0 aromatic heterocycles. The molecule has 0 radical (unpaired) electrons. The van der Waals surface area contributed by atoms with Crippen LogP contribution in [0.3, 0.4) is 0 Å². The molecule has 5 heteroatoms. The lowest BCUT2D eigenvalue weighted by molar-refractivity contribution is 0.0678. The SMILES string of the molecule is C=CCO[C@@H]1C[C@H](NC[C@@H](O)[C@@H](N)Cc2ccccc2)c2cc(OC(C)C)ccc21. The molecule has 4 atom stereocenters. The predicted octanol–water partition coefficient (Wildman–Crippen LogP) is 3.68. The molecule has 3 rings (SSSR count). The minimum Gasteiger partial charge on any atom is -0.491 e. The average Bonchev–Trinajstić information content (AvgIpc) is 3.07. The Labute approximate surface area is 179 Å². The molecular formula is C25H34N2O3. The van der Waals surface area contributed by atoms with E-state index in [0.717, 1.165) is 28.9 Å². The number of benzene rings is 2. The number of nitrogens with one attached hydrogen (secondary N) is 1. The lowest BCUT2D eigenvalue weighted by Gasteiger charge is -2.22. The maximum absolute atomic E-state index is 10.6. The Morgan fingerprint density at radius 3 is 2.67 bits per heavy atom. The van der Waals surface area contributed by atoms with Gasteiger partial charge in [0.05, 0.1) is 24.9 Å². The van der Waals surface area contributed by atoms with Crippen LogP contribution < -0.4 is 15.8 Å². The smallest absolute Gasteiger partial charge is 0.120 e. The standard InChI is InChI=1S/C25H34N2O3/c1-4-12-29-25-15-23(21-14-19(30-17(2)3)10-11-20(21)25)27-16-24(28)22(26)13-18-8-6-5-7-9-18/h4-11,14,17,22-25,27-28H,1,12-13,15-16,26H2,2-3H3/t22-,23-,24+,25+/m0/s1. The number of rotatable bonds is 11. The third-order valence-electron chi connectivity index (χ3n) is 5.40. The fourth-order valence-electron chi connectivity index (χ4n) is 3.93. The Morgan fingerprint density at radius 2 is 1.97 bits per heavy atom. The molecule has 0 unspecified atom stereocenters. The van der Waals surface area contributed by atoms with Crippen molar-refractivity contribution in [3.8, 4) is 5.75 Å². The van der Waals surface area contributed by atoms with E-state index in [9.17, 15) is 5.11 Å². The lowest BCUT2D eigenvalue weighted by Crippen LogP contribution is -2.43. The van der Waals surface area contributed by atoms with Crippen LogP contribution in [0.15, 0.2) is 61.2 Å². The van der Waals surface area contributed by atoms with Gasteiger partial charge in [-0.3, -0.25) is 0 Å². The summed E-state index contributed by atoms with van der Waals surface area (Å²) in [5, 5.41) is 14.1. The van der Waals surface area contributed by atoms with Crippen molar-refractivity contribution in [3.63, 3.8) is 0 Å². The Kier molecular flexibility index (Phi) is 8.05. The van der Waals surface area contributed by atoms with Gasteiger partial charge >= 0.3 is 0 Å². The van der Waals surface area contributed by atoms with E-state index in [0.29, 0.717) is 19.6 Å². The quantitative estimate of drug-likeness (QED) is 0.493. The number of hydrogen-bond donors (Lipinski definition) is 3. The molecule has 0 amide bonds. The highest BCUT2D eigenvalue weighted by molar-refractivity contribution is 5.42. The third-order valence-corrected chi connectivity index (χ3v) is 5.40. The van der Waals surface area contributed by atoms with E-state index in [1.54, 1.807) is 6.08 Å². The summed E-state index contributed by atoms with van der Waals surface area (Å²) < 4.78 is 11.9. The summed E-state index contributed by atoms with van der Waals surface area (Å²) in [5.74, 6) is 0.848. The molecule has 5 nitrogen and oxygen atoms in total. The van der Waals surface area contributed by atoms with Crippen molar-refractivity contribution in [2.45, 2.75) is 57.1 Å². The van der Waals surface area contributed by atoms with Gasteiger partial charge in [-0.15, -0.1) is 6.58 Å². The van der Waals surface area contributed by atoms with E-state index in [1.165, 1.54) is 0 Å². The van der Waals surface area contributed by atoms with E-state index in [-0.39, 0.29) is 24.3 Å². The van der Waals surface area contributed by atoms with Crippen LogP contribution in [-0.2, 0) is 11.2 Å². The van der Waals surface area contributed by atoms with Crippen LogP contribution in [0.2, 0.25) is 0 Å². The highest BCUT2D eigenvalue weighted by Gasteiger charge is 2.32. The first-order valence-corrected chi connectivity index (χ1v) is 10.7. The summed E-state index contributed by atoms with van der Waals surface area (Å²) >= 11 is 0. The van der Waals surface area contributed by atoms with Gasteiger partial charge in [-0.25, -0.2) is 0 Å². The number of ether oxygens (including phenoxy) is 2. The van der Waals surface area contributed by atoms with Crippen molar-refractivity contribution in [1.82, 2.24) is 5.32 Å². The Morgan fingerprint density at radius 1 is 1.20 bits per heavy atom. The van der Waals surface area contributed by atoms with Gasteiger partial charge in [0.2, 0.25) is 0 Å². The number of fused-ring (bicyclic) bond motifs is 1. The minimum atomic E-state index is -0.642. The molecule has 1 aliphatic carbocycles. The van der Waals surface area contributed by atoms with Gasteiger partial charge in [-0.05, 0) is 55.5 Å². The zero-order valence-electron chi connectivity index (χ0n) is 18.0. The van der Waals surface area contributed by atoms with Crippen molar-refractivity contribution >= 4 is 0 Å². The molecule has 0 bridgehead atoms. The highest BCUT2D eigenvalue weighted by Crippen LogP contribution is 2.42. The van der Waals surface area contributed by atoms with E-state index < -0.39 is 6.10 Å². The molecule has 2 aromatic rings. The molecule has 0 saturated heterocycles. The van der Waals surface area contributed by atoms with Crippen LogP contribution >= 0.6 is 0 Å². The molecule has 0 spiro atoms. The van der Waals surface area contributed by atoms with Gasteiger partial charge in [0, 0.05) is 18.6 Å². The third kappa shape index (κ3) is 5.92. The minimum absolute atomic E-state index is 0.00117. The fourth-order valence-corrected chi connectivity index (χ4v) is 3.93. The second-order valence-electron chi connectivity index (χ2n) is 8.19. The lowest BCUT2D eigenvalue weighted by atomic mass is 10.0. The molecule has 4 N–H and O–H groups in total. The summed E-state index contributed by atoms with van der Waals surface area (Å²) in [6, 6.07) is 15.9. The van der Waals surface area contributed by atoms with Crippen LogP contribution in [0.5, 0.6) is 5.75 Å². The largest absolute Gasteiger partial charge is 0.491 e. The predicted molar refractivity (Wildman–Crippen MR) is 121 cm³/mol. The van der Waals surface area contributed by atoms with Crippen LogP contribution in [0.1, 0.15) is 49.1 Å². The van der Waals surface area contributed by atoms with Gasteiger partial charge in [0.1, 0.15) is 5.75 Å². The van der Waals surface area contributed by atoms with Gasteiger partial charge in [0.15, 0.2) is 0 Å². The van der Waals surface area contributed by atoms with Gasteiger partial charge in [-0.1, -0.05) is 42.5 Å². The van der Waals surface area contributed by atoms with E-state index in [2.05, 4.69) is 24.0 Å². The first kappa shape index (κ1) is 22.5. The number of aliphatic hydroxyl groups is 1. The molecule has 0 saturated carbocycles. The van der Waals surface area contributed by atoms with Gasteiger partial charge in [-0.2, -0.15) is 0 Å². The maximum Gasteiger partial charge on any atom is 0.120 e. The average molecular weight is 411 g/mol. The fraction of sp³-hybridized carbons (Fsp3) is 0.440. The molecule has 0 fully saturated rings. The molecule has 2 aromatic carbocycles. The van der Waals surface area contributed by atoms with Crippen molar-refractivity contribution in [1.29, 1.82) is 0 Å². The van der Waals surface area contributed by atoms with Crippen LogP contribution in [-0.4, -0.2) is 36.5 Å². The molecule has 0 heterocycles. The number of aliphatic hydroxyl groups excluding tert-OH is 1. The number of hydrogen-bond acceptors (Lipinski definition) is 5. The van der Waals surface area contributed by atoms with Gasteiger partial charge < -0.3 is 25.6 Å². The van der Waals surface area contributed by atoms with E-state index in [1.807, 2.05) is 50.2 Å². The first-order chi connectivity index (χ1) is 14.5. The Bertz CT molecular complexity index is 809. The van der Waals surface area contributed by atoms with Gasteiger partial charge in [0.25, 0.3) is 0 Å². The zero-order chi connectivity index (χ0) is 21.5. The number of nitrogens with two attached hydrogens (primary N) is 1. The summed E-state index contributed by atoms with van der Waals surface area (Å²) in [5.41, 5.74) is 9.70. The molecular weight excluding hydrogens is 376 g/mol. The summed E-state index contributed by atoms with van der Waals surface area (Å²) in [6.45, 7) is 8.71. The highest BCUT2D eigenvalue weighted by atomic mass is 16.5. The molecule has 30 heavy (non-hydrogen) atoms. The van der Waals surface area contributed by atoms with Crippen molar-refractivity contribution in [2.24, 2.45) is 5.73 Å². The summed E-state index contributed by atoms with van der Waals surface area (Å²) in [7, 11) is 0. The van der Waals surface area contributed by atoms with Crippen molar-refractivity contribution < 1.29 is 14.6 Å². The van der Waals surface area contributed by atoms with Crippen molar-refractivity contribution in [3.05, 3.63) is 77.9 Å². The first-order valence-electron chi connectivity index (χ1n) is 10.7. The normalized spacial score (nSPS) is 20.0. The van der Waals surface area contributed by atoms with Crippen LogP contribution in [0.4, 0.5) is 0 Å². The summed E-state index contributed by atoms with van der Waals surface area (Å²) in [4.78, 5) is 0. The zero-order valence-corrected chi connectivity index (χ0v) is 18.0. The van der Waals surface area contributed by atoms with E-state index >= 15 is 0 Å². The molecule has 162 valence electrons. The second-order valence-corrected chi connectivity index (χ2v) is 8.19. The van der Waals surface area contributed by atoms with E-state index in [4.69, 9.17) is 15.2 Å². The Hall–Kier alpha value is -2.18. The maximum atomic E-state index is 10.6. The van der Waals surface area contributed by atoms with Crippen LogP contribution in [0.25, 0.3) is 0 Å².